The molecule has 0 aromatic heterocycles. The summed E-state index contributed by atoms with van der Waals surface area (Å²) >= 11 is 0. The van der Waals surface area contributed by atoms with Gasteiger partial charge in [0, 0.05) is 13.1 Å². The van der Waals surface area contributed by atoms with Gasteiger partial charge in [0.15, 0.2) is 0 Å². The van der Waals surface area contributed by atoms with Crippen molar-refractivity contribution in [1.29, 1.82) is 5.26 Å². The highest BCUT2D eigenvalue weighted by molar-refractivity contribution is 5.91. The fourth-order valence-corrected chi connectivity index (χ4v) is 1.83. The van der Waals surface area contributed by atoms with Gasteiger partial charge in [-0.2, -0.15) is 5.26 Å². The van der Waals surface area contributed by atoms with Gasteiger partial charge in [0.05, 0.1) is 36.0 Å². The summed E-state index contributed by atoms with van der Waals surface area (Å²) in [6.45, 7) is 2.81. The van der Waals surface area contributed by atoms with Gasteiger partial charge in [0.25, 0.3) is 0 Å². The number of carbonyl (C=O) groups excluding carboxylic acids is 1. The summed E-state index contributed by atoms with van der Waals surface area (Å²) in [4.78, 5) is 24.4. The van der Waals surface area contributed by atoms with Crippen LogP contribution in [0.4, 0.5) is 11.4 Å². The number of aromatic carboxylic acids is 1. The average Bonchev–Trinajstić information content (AvgIpc) is 2.45. The van der Waals surface area contributed by atoms with E-state index in [0.29, 0.717) is 24.5 Å². The first kappa shape index (κ1) is 16.3. The number of likely N-dealkylation sites (N-methyl/N-ethyl adjacent to an activating group) is 1. The molecule has 4 N–H and O–H groups in total. The third kappa shape index (κ3) is 4.69. The molecule has 21 heavy (non-hydrogen) atoms. The predicted octanol–water partition coefficient (Wildman–Crippen LogP) is 0.823. The normalized spacial score (nSPS) is 9.71. The van der Waals surface area contributed by atoms with E-state index in [4.69, 9.17) is 16.1 Å². The Balaban J connectivity index is 2.78. The minimum Gasteiger partial charge on any atom is -0.478 e. The molecule has 1 rings (SSSR count). The summed E-state index contributed by atoms with van der Waals surface area (Å²) in [6.07, 6.45) is 0.257. The Morgan fingerprint density at radius 1 is 1.48 bits per heavy atom. The van der Waals surface area contributed by atoms with Crippen LogP contribution < -0.4 is 16.0 Å². The number of carboxylic acids is 1. The zero-order valence-corrected chi connectivity index (χ0v) is 11.8. The first-order valence-corrected chi connectivity index (χ1v) is 6.51. The molecule has 0 unspecified atom stereocenters. The van der Waals surface area contributed by atoms with E-state index in [1.165, 1.54) is 12.1 Å². The molecule has 0 spiro atoms. The maximum atomic E-state index is 11.7. The molecular formula is C14H18N4O3. The van der Waals surface area contributed by atoms with Crippen molar-refractivity contribution in [1.82, 2.24) is 5.32 Å². The summed E-state index contributed by atoms with van der Waals surface area (Å²) in [5, 5.41) is 19.9. The maximum Gasteiger partial charge on any atom is 0.335 e. The molecule has 112 valence electrons. The van der Waals surface area contributed by atoms with Crippen LogP contribution in [0.25, 0.3) is 0 Å². The Hall–Kier alpha value is -2.75. The van der Waals surface area contributed by atoms with Gasteiger partial charge in [-0.25, -0.2) is 4.79 Å². The number of benzene rings is 1. The highest BCUT2D eigenvalue weighted by Crippen LogP contribution is 2.24. The number of carboxylic acid groups (broad SMARTS) is 1. The summed E-state index contributed by atoms with van der Waals surface area (Å²) in [5.41, 5.74) is 6.87. The molecule has 7 heteroatoms. The predicted molar refractivity (Wildman–Crippen MR) is 78.9 cm³/mol. The van der Waals surface area contributed by atoms with Crippen LogP contribution in [0.5, 0.6) is 0 Å². The quantitative estimate of drug-likeness (QED) is 0.505. The third-order valence-corrected chi connectivity index (χ3v) is 2.89. The molecule has 1 amide bonds. The monoisotopic (exact) mass is 290 g/mol. The number of hydrogen-bond donors (Lipinski definition) is 3. The van der Waals surface area contributed by atoms with Crippen LogP contribution in [0.15, 0.2) is 18.2 Å². The van der Waals surface area contributed by atoms with E-state index in [9.17, 15) is 9.59 Å². The summed E-state index contributed by atoms with van der Waals surface area (Å²) < 4.78 is 0. The van der Waals surface area contributed by atoms with E-state index < -0.39 is 5.97 Å². The standard InChI is InChI=1S/C14H18N4O3/c1-2-18(9-13(19)17-7-3-6-15)12-5-4-10(14(20)21)8-11(12)16/h4-5,8H,2-3,7,9,16H2,1H3,(H,17,19)(H,20,21). The Bertz CT molecular complexity index is 566. The van der Waals surface area contributed by atoms with E-state index >= 15 is 0 Å². The lowest BCUT2D eigenvalue weighted by Gasteiger charge is -2.24. The van der Waals surface area contributed by atoms with Crippen molar-refractivity contribution in [2.75, 3.05) is 30.3 Å². The van der Waals surface area contributed by atoms with E-state index in [1.807, 2.05) is 13.0 Å². The second-order valence-electron chi connectivity index (χ2n) is 4.35. The number of nitrogens with one attached hydrogen (secondary N) is 1. The first-order chi connectivity index (χ1) is 9.99. The summed E-state index contributed by atoms with van der Waals surface area (Å²) in [5.74, 6) is -1.26. The third-order valence-electron chi connectivity index (χ3n) is 2.89. The second-order valence-corrected chi connectivity index (χ2v) is 4.35. The van der Waals surface area contributed by atoms with Gasteiger partial charge in [-0.15, -0.1) is 0 Å². The van der Waals surface area contributed by atoms with E-state index in [1.54, 1.807) is 11.0 Å². The van der Waals surface area contributed by atoms with Gasteiger partial charge < -0.3 is 21.1 Å². The van der Waals surface area contributed by atoms with Crippen LogP contribution in [-0.4, -0.2) is 36.6 Å². The van der Waals surface area contributed by atoms with Crippen LogP contribution in [0.1, 0.15) is 23.7 Å². The average molecular weight is 290 g/mol. The van der Waals surface area contributed by atoms with Crippen molar-refractivity contribution < 1.29 is 14.7 Å². The van der Waals surface area contributed by atoms with Gasteiger partial charge in [-0.3, -0.25) is 4.79 Å². The molecule has 0 saturated heterocycles. The molecule has 7 nitrogen and oxygen atoms in total. The molecule has 0 radical (unpaired) electrons. The molecule has 0 fully saturated rings. The van der Waals surface area contributed by atoms with Crippen molar-refractivity contribution in [3.8, 4) is 6.07 Å². The molecule has 0 aliphatic rings. The lowest BCUT2D eigenvalue weighted by Crippen LogP contribution is -2.37. The van der Waals surface area contributed by atoms with Gasteiger partial charge in [0.2, 0.25) is 5.91 Å². The van der Waals surface area contributed by atoms with Crippen LogP contribution in [0.2, 0.25) is 0 Å². The van der Waals surface area contributed by atoms with E-state index in [0.717, 1.165) is 0 Å². The highest BCUT2D eigenvalue weighted by atomic mass is 16.4. The number of nitrogens with zero attached hydrogens (tertiary/aromatic N) is 2. The molecule has 0 bridgehead atoms. The zero-order valence-electron chi connectivity index (χ0n) is 11.8. The molecular weight excluding hydrogens is 272 g/mol. The molecule has 0 aliphatic carbocycles. The highest BCUT2D eigenvalue weighted by Gasteiger charge is 2.14. The Labute approximate surface area is 123 Å². The molecule has 0 atom stereocenters. The molecule has 1 aromatic rings. The Kier molecular flexibility index (Phi) is 6.01. The van der Waals surface area contributed by atoms with Gasteiger partial charge in [-0.1, -0.05) is 0 Å². The first-order valence-electron chi connectivity index (χ1n) is 6.51. The number of hydrogen-bond acceptors (Lipinski definition) is 5. The zero-order chi connectivity index (χ0) is 15.8. The minimum absolute atomic E-state index is 0.0958. The van der Waals surface area contributed by atoms with Crippen molar-refractivity contribution in [2.45, 2.75) is 13.3 Å². The van der Waals surface area contributed by atoms with Crippen molar-refractivity contribution in [3.63, 3.8) is 0 Å². The second kappa shape index (κ2) is 7.75. The SMILES string of the molecule is CCN(CC(=O)NCCC#N)c1ccc(C(=O)O)cc1N. The molecule has 1 aromatic carbocycles. The van der Waals surface area contributed by atoms with Crippen molar-refractivity contribution in [2.24, 2.45) is 0 Å². The molecule has 0 aliphatic heterocycles. The fourth-order valence-electron chi connectivity index (χ4n) is 1.83. The molecule has 0 heterocycles. The van der Waals surface area contributed by atoms with Gasteiger partial charge in [-0.05, 0) is 25.1 Å². The van der Waals surface area contributed by atoms with E-state index in [-0.39, 0.29) is 24.4 Å². The van der Waals surface area contributed by atoms with Gasteiger partial charge >= 0.3 is 5.97 Å². The Morgan fingerprint density at radius 3 is 2.71 bits per heavy atom. The number of rotatable bonds is 7. The number of anilines is 2. The lowest BCUT2D eigenvalue weighted by molar-refractivity contribution is -0.119. The van der Waals surface area contributed by atoms with Gasteiger partial charge in [0.1, 0.15) is 0 Å². The largest absolute Gasteiger partial charge is 0.478 e. The lowest BCUT2D eigenvalue weighted by atomic mass is 10.1. The van der Waals surface area contributed by atoms with Crippen molar-refractivity contribution >= 4 is 23.3 Å². The molecule has 0 saturated carbocycles. The summed E-state index contributed by atoms with van der Waals surface area (Å²) in [6, 6.07) is 6.35. The van der Waals surface area contributed by atoms with Crippen LogP contribution in [0.3, 0.4) is 0 Å². The smallest absolute Gasteiger partial charge is 0.335 e. The number of amides is 1. The van der Waals surface area contributed by atoms with Crippen molar-refractivity contribution in [3.05, 3.63) is 23.8 Å². The van der Waals surface area contributed by atoms with Crippen LogP contribution in [-0.2, 0) is 4.79 Å². The number of nitriles is 1. The number of nitrogens with two attached hydrogens (primary N) is 1. The van der Waals surface area contributed by atoms with Crippen LogP contribution >= 0.6 is 0 Å². The number of carbonyl (C=O) groups is 2. The minimum atomic E-state index is -1.05. The summed E-state index contributed by atoms with van der Waals surface area (Å²) in [7, 11) is 0. The number of nitrogen functional groups attached to an aromatic ring is 1. The van der Waals surface area contributed by atoms with E-state index in [2.05, 4.69) is 5.32 Å². The topological polar surface area (TPSA) is 119 Å². The fraction of sp³-hybridized carbons (Fsp3) is 0.357. The van der Waals surface area contributed by atoms with Crippen LogP contribution in [0, 0.1) is 11.3 Å². The Morgan fingerprint density at radius 2 is 2.19 bits per heavy atom. The maximum absolute atomic E-state index is 11.7.